The summed E-state index contributed by atoms with van der Waals surface area (Å²) in [6, 6.07) is 8.15. The molecule has 0 fully saturated rings. The lowest BCUT2D eigenvalue weighted by atomic mass is 10.3. The molecular weight excluding hydrogens is 267 g/mol. The van der Waals surface area contributed by atoms with Gasteiger partial charge in [0.15, 0.2) is 5.75 Å². The molecule has 104 valence electrons. The molecule has 0 radical (unpaired) electrons. The number of nitrogens with two attached hydrogens (primary N) is 1. The van der Waals surface area contributed by atoms with Crippen LogP contribution in [0.2, 0.25) is 0 Å². The van der Waals surface area contributed by atoms with Gasteiger partial charge < -0.3 is 10.2 Å². The first-order valence-corrected chi connectivity index (χ1v) is 5.59. The van der Waals surface area contributed by atoms with Crippen molar-refractivity contribution in [2.75, 3.05) is 5.43 Å². The summed E-state index contributed by atoms with van der Waals surface area (Å²) >= 11 is 0. The lowest BCUT2D eigenvalue weighted by Crippen LogP contribution is -2.10. The van der Waals surface area contributed by atoms with Gasteiger partial charge in [0.05, 0.1) is 16.7 Å². The van der Waals surface area contributed by atoms with Crippen LogP contribution in [0.3, 0.4) is 0 Å². The number of benzene rings is 1. The fourth-order valence-electron chi connectivity index (χ4n) is 1.55. The molecule has 2 aromatic rings. The molecule has 1 heterocycles. The van der Waals surface area contributed by atoms with E-state index in [0.29, 0.717) is 11.5 Å². The largest absolute Gasteiger partial charge is 0.480 e. The maximum absolute atomic E-state index is 13.0. The smallest absolute Gasteiger partial charge is 0.313 e. The van der Waals surface area contributed by atoms with Crippen LogP contribution < -0.4 is 16.0 Å². The van der Waals surface area contributed by atoms with Crippen LogP contribution in [0.1, 0.15) is 5.69 Å². The van der Waals surface area contributed by atoms with Gasteiger partial charge in [-0.25, -0.2) is 15.2 Å². The van der Waals surface area contributed by atoms with Crippen molar-refractivity contribution in [3.8, 4) is 5.75 Å². The average molecular weight is 278 g/mol. The first-order chi connectivity index (χ1) is 9.60. The third-order valence-electron chi connectivity index (χ3n) is 2.45. The van der Waals surface area contributed by atoms with Crippen molar-refractivity contribution < 1.29 is 14.1 Å². The Hall–Kier alpha value is -2.74. The van der Waals surface area contributed by atoms with Crippen molar-refractivity contribution >= 4 is 11.5 Å². The van der Waals surface area contributed by atoms with Gasteiger partial charge in [-0.05, 0) is 24.3 Å². The van der Waals surface area contributed by atoms with Crippen LogP contribution in [0.15, 0.2) is 36.4 Å². The Kier molecular flexibility index (Phi) is 4.06. The van der Waals surface area contributed by atoms with E-state index in [1.807, 2.05) is 0 Å². The van der Waals surface area contributed by atoms with Crippen molar-refractivity contribution in [1.82, 2.24) is 4.98 Å². The Balaban J connectivity index is 2.16. The van der Waals surface area contributed by atoms with Gasteiger partial charge in [0, 0.05) is 0 Å². The molecule has 7 nitrogen and oxygen atoms in total. The highest BCUT2D eigenvalue weighted by Gasteiger charge is 2.16. The molecular formula is C12H11FN4O3. The molecule has 8 heteroatoms. The zero-order chi connectivity index (χ0) is 14.5. The quantitative estimate of drug-likeness (QED) is 0.492. The van der Waals surface area contributed by atoms with Gasteiger partial charge >= 0.3 is 5.69 Å². The van der Waals surface area contributed by atoms with E-state index in [0.717, 1.165) is 12.1 Å². The SMILES string of the molecule is NNc1cccc(COc2ccc(F)cc2[N+](=O)[O-])n1. The Morgan fingerprint density at radius 2 is 2.20 bits per heavy atom. The molecule has 0 aliphatic heterocycles. The van der Waals surface area contributed by atoms with Crippen molar-refractivity contribution in [2.45, 2.75) is 6.61 Å². The Morgan fingerprint density at radius 1 is 1.40 bits per heavy atom. The van der Waals surface area contributed by atoms with Crippen molar-refractivity contribution in [3.05, 3.63) is 58.0 Å². The molecule has 0 aliphatic carbocycles. The number of nitrogen functional groups attached to an aromatic ring is 1. The molecule has 0 saturated carbocycles. The molecule has 1 aromatic heterocycles. The highest BCUT2D eigenvalue weighted by atomic mass is 19.1. The van der Waals surface area contributed by atoms with Gasteiger partial charge in [0.2, 0.25) is 0 Å². The monoisotopic (exact) mass is 278 g/mol. The number of anilines is 1. The van der Waals surface area contributed by atoms with E-state index in [4.69, 9.17) is 10.6 Å². The minimum Gasteiger partial charge on any atom is -0.480 e. The van der Waals surface area contributed by atoms with Crippen LogP contribution >= 0.6 is 0 Å². The second kappa shape index (κ2) is 5.93. The average Bonchev–Trinajstić information content (AvgIpc) is 2.46. The third kappa shape index (κ3) is 3.18. The minimum absolute atomic E-state index is 0.00198. The molecule has 1 aromatic carbocycles. The summed E-state index contributed by atoms with van der Waals surface area (Å²) in [4.78, 5) is 14.2. The zero-order valence-electron chi connectivity index (χ0n) is 10.2. The summed E-state index contributed by atoms with van der Waals surface area (Å²) in [6.07, 6.45) is 0. The van der Waals surface area contributed by atoms with Gasteiger partial charge in [-0.15, -0.1) is 0 Å². The Bertz CT molecular complexity index is 636. The van der Waals surface area contributed by atoms with E-state index in [-0.39, 0.29) is 12.4 Å². The van der Waals surface area contributed by atoms with Crippen LogP contribution in [0.4, 0.5) is 15.9 Å². The second-order valence-corrected chi connectivity index (χ2v) is 3.82. The molecule has 0 spiro atoms. The molecule has 3 N–H and O–H groups in total. The van der Waals surface area contributed by atoms with Crippen LogP contribution in [-0.2, 0) is 6.61 Å². The fourth-order valence-corrected chi connectivity index (χ4v) is 1.55. The summed E-state index contributed by atoms with van der Waals surface area (Å²) in [5, 5.41) is 10.8. The molecule has 0 bridgehead atoms. The summed E-state index contributed by atoms with van der Waals surface area (Å²) in [6.45, 7) is 0.00198. The first-order valence-electron chi connectivity index (χ1n) is 5.59. The number of nitro groups is 1. The van der Waals surface area contributed by atoms with E-state index < -0.39 is 16.4 Å². The summed E-state index contributed by atoms with van der Waals surface area (Å²) in [7, 11) is 0. The summed E-state index contributed by atoms with van der Waals surface area (Å²) < 4.78 is 18.3. The van der Waals surface area contributed by atoms with Crippen LogP contribution in [0.25, 0.3) is 0 Å². The fraction of sp³-hybridized carbons (Fsp3) is 0.0833. The van der Waals surface area contributed by atoms with E-state index >= 15 is 0 Å². The van der Waals surface area contributed by atoms with E-state index in [9.17, 15) is 14.5 Å². The number of hydrazine groups is 1. The lowest BCUT2D eigenvalue weighted by molar-refractivity contribution is -0.386. The Morgan fingerprint density at radius 3 is 2.90 bits per heavy atom. The van der Waals surface area contributed by atoms with E-state index in [1.54, 1.807) is 18.2 Å². The summed E-state index contributed by atoms with van der Waals surface area (Å²) in [5.41, 5.74) is 2.47. The predicted octanol–water partition coefficient (Wildman–Crippen LogP) is 1.99. The van der Waals surface area contributed by atoms with E-state index in [1.165, 1.54) is 6.07 Å². The van der Waals surface area contributed by atoms with Gasteiger partial charge in [-0.2, -0.15) is 0 Å². The van der Waals surface area contributed by atoms with Gasteiger partial charge in [-0.1, -0.05) is 6.07 Å². The highest BCUT2D eigenvalue weighted by Crippen LogP contribution is 2.28. The molecule has 2 rings (SSSR count). The van der Waals surface area contributed by atoms with Gasteiger partial charge in [0.1, 0.15) is 18.2 Å². The van der Waals surface area contributed by atoms with Crippen molar-refractivity contribution in [3.63, 3.8) is 0 Å². The van der Waals surface area contributed by atoms with Crippen LogP contribution in [0.5, 0.6) is 5.75 Å². The molecule has 0 aliphatic rings. The Labute approximate surface area is 113 Å². The maximum Gasteiger partial charge on any atom is 0.313 e. The molecule has 0 atom stereocenters. The maximum atomic E-state index is 13.0. The molecule has 0 unspecified atom stereocenters. The van der Waals surface area contributed by atoms with E-state index in [2.05, 4.69) is 10.4 Å². The summed E-state index contributed by atoms with van der Waals surface area (Å²) in [5.74, 6) is 4.94. The normalized spacial score (nSPS) is 10.1. The minimum atomic E-state index is -0.705. The molecule has 20 heavy (non-hydrogen) atoms. The molecule has 0 saturated heterocycles. The van der Waals surface area contributed by atoms with Crippen molar-refractivity contribution in [1.29, 1.82) is 0 Å². The number of rotatable bonds is 5. The first kappa shape index (κ1) is 13.7. The van der Waals surface area contributed by atoms with Gasteiger partial charge in [0.25, 0.3) is 0 Å². The number of nitro benzene ring substituents is 1. The number of ether oxygens (including phenoxy) is 1. The predicted molar refractivity (Wildman–Crippen MR) is 69.4 cm³/mol. The topological polar surface area (TPSA) is 103 Å². The lowest BCUT2D eigenvalue weighted by Gasteiger charge is -2.07. The second-order valence-electron chi connectivity index (χ2n) is 3.82. The third-order valence-corrected chi connectivity index (χ3v) is 2.45. The van der Waals surface area contributed by atoms with Crippen molar-refractivity contribution in [2.24, 2.45) is 5.84 Å². The number of aromatic nitrogens is 1. The number of nitrogens with one attached hydrogen (secondary N) is 1. The highest BCUT2D eigenvalue weighted by molar-refractivity contribution is 5.46. The zero-order valence-corrected chi connectivity index (χ0v) is 10.2. The molecule has 0 amide bonds. The standard InChI is InChI=1S/C12H11FN4O3/c13-8-4-5-11(10(6-8)17(18)19)20-7-9-2-1-3-12(15-9)16-14/h1-6H,7,14H2,(H,15,16). The number of hydrogen-bond acceptors (Lipinski definition) is 6. The number of hydrogen-bond donors (Lipinski definition) is 2. The van der Waals surface area contributed by atoms with Crippen LogP contribution in [0, 0.1) is 15.9 Å². The number of nitrogens with zero attached hydrogens (tertiary/aromatic N) is 2. The van der Waals surface area contributed by atoms with Gasteiger partial charge in [-0.3, -0.25) is 10.1 Å². The number of pyridine rings is 1. The number of halogens is 1. The van der Waals surface area contributed by atoms with Crippen LogP contribution in [-0.4, -0.2) is 9.91 Å².